The number of halogens is 5. The number of hydrogen-bond donors (Lipinski definition) is 0. The first kappa shape index (κ1) is 11.6. The van der Waals surface area contributed by atoms with Crippen LogP contribution in [-0.2, 0) is 4.74 Å². The Hall–Kier alpha value is -0.390. The number of rotatable bonds is 5. The third kappa shape index (κ3) is 3.85. The van der Waals surface area contributed by atoms with Gasteiger partial charge in [0.05, 0.1) is 6.10 Å². The summed E-state index contributed by atoms with van der Waals surface area (Å²) in [5.41, 5.74) is 0. The molecule has 0 amide bonds. The van der Waals surface area contributed by atoms with E-state index < -0.39 is 31.5 Å². The van der Waals surface area contributed by atoms with Gasteiger partial charge in [-0.3, -0.25) is 0 Å². The zero-order valence-electron chi connectivity index (χ0n) is 6.31. The lowest BCUT2D eigenvalue weighted by Gasteiger charge is -2.18. The summed E-state index contributed by atoms with van der Waals surface area (Å²) in [6, 6.07) is 0. The van der Waals surface area contributed by atoms with Gasteiger partial charge in [-0.15, -0.1) is 0 Å². The molecule has 0 aliphatic carbocycles. The maximum Gasteiger partial charge on any atom is 0.271 e. The topological polar surface area (TPSA) is 9.23 Å². The van der Waals surface area contributed by atoms with Crippen molar-refractivity contribution in [3.05, 3.63) is 0 Å². The fourth-order valence-corrected chi connectivity index (χ4v) is 0.694. The van der Waals surface area contributed by atoms with Gasteiger partial charge in [-0.05, 0) is 0 Å². The van der Waals surface area contributed by atoms with Gasteiger partial charge in [-0.25, -0.2) is 22.0 Å². The quantitative estimate of drug-likeness (QED) is 0.607. The highest BCUT2D eigenvalue weighted by molar-refractivity contribution is 4.72. The van der Waals surface area contributed by atoms with Gasteiger partial charge in [0.15, 0.2) is 6.17 Å². The van der Waals surface area contributed by atoms with Crippen LogP contribution in [0.1, 0.15) is 6.42 Å². The maximum atomic E-state index is 12.3. The van der Waals surface area contributed by atoms with E-state index in [0.717, 1.165) is 7.11 Å². The highest BCUT2D eigenvalue weighted by atomic mass is 19.3. The molecule has 1 nitrogen and oxygen atoms in total. The van der Waals surface area contributed by atoms with Crippen LogP contribution in [0, 0.1) is 0 Å². The van der Waals surface area contributed by atoms with Crippen LogP contribution in [0.25, 0.3) is 0 Å². The minimum atomic E-state index is -3.28. The third-order valence-electron chi connectivity index (χ3n) is 1.31. The van der Waals surface area contributed by atoms with E-state index >= 15 is 0 Å². The van der Waals surface area contributed by atoms with E-state index in [2.05, 4.69) is 4.74 Å². The zero-order valence-corrected chi connectivity index (χ0v) is 6.31. The predicted molar refractivity (Wildman–Crippen MR) is 32.3 cm³/mol. The second kappa shape index (κ2) is 5.29. The average Bonchev–Trinajstić information content (AvgIpc) is 1.98. The molecule has 0 aliphatic heterocycles. The smallest absolute Gasteiger partial charge is 0.271 e. The van der Waals surface area contributed by atoms with Gasteiger partial charge in [-0.2, -0.15) is 0 Å². The molecule has 0 aliphatic rings. The minimum Gasteiger partial charge on any atom is -0.378 e. The Bertz CT molecular complexity index is 119. The Morgan fingerprint density at radius 2 is 1.58 bits per heavy atom. The molecule has 74 valence electrons. The van der Waals surface area contributed by atoms with E-state index in [-0.39, 0.29) is 0 Å². The first-order valence-corrected chi connectivity index (χ1v) is 3.22. The summed E-state index contributed by atoms with van der Waals surface area (Å²) >= 11 is 0. The lowest BCUT2D eigenvalue weighted by molar-refractivity contribution is -0.0693. The molecule has 0 N–H and O–H groups in total. The van der Waals surface area contributed by atoms with Crippen LogP contribution in [0.15, 0.2) is 0 Å². The van der Waals surface area contributed by atoms with E-state index in [9.17, 15) is 22.0 Å². The fourth-order valence-electron chi connectivity index (χ4n) is 0.694. The molecule has 0 saturated heterocycles. The molecular weight excluding hydrogens is 183 g/mol. The third-order valence-corrected chi connectivity index (χ3v) is 1.31. The number of ether oxygens (including phenoxy) is 1. The Labute approximate surface area is 66.5 Å². The number of hydrogen-bond acceptors (Lipinski definition) is 1. The Kier molecular flexibility index (Phi) is 5.12. The summed E-state index contributed by atoms with van der Waals surface area (Å²) in [6.07, 6.45) is -11.5. The first-order valence-electron chi connectivity index (χ1n) is 3.22. The van der Waals surface area contributed by atoms with Crippen molar-refractivity contribution in [1.29, 1.82) is 0 Å². The van der Waals surface area contributed by atoms with Gasteiger partial charge in [0.25, 0.3) is 6.43 Å². The van der Waals surface area contributed by atoms with Gasteiger partial charge in [-0.1, -0.05) is 0 Å². The lowest BCUT2D eigenvalue weighted by atomic mass is 10.1. The Morgan fingerprint density at radius 1 is 1.08 bits per heavy atom. The lowest BCUT2D eigenvalue weighted by Crippen LogP contribution is -2.32. The Balaban J connectivity index is 3.96. The highest BCUT2D eigenvalue weighted by Crippen LogP contribution is 2.18. The second-order valence-corrected chi connectivity index (χ2v) is 2.18. The molecule has 0 aromatic carbocycles. The summed E-state index contributed by atoms with van der Waals surface area (Å²) in [5, 5.41) is 0. The van der Waals surface area contributed by atoms with Crippen molar-refractivity contribution < 1.29 is 26.7 Å². The van der Waals surface area contributed by atoms with Gasteiger partial charge in [0.1, 0.15) is 0 Å². The molecule has 2 unspecified atom stereocenters. The van der Waals surface area contributed by atoms with Crippen LogP contribution in [0.4, 0.5) is 22.0 Å². The van der Waals surface area contributed by atoms with Gasteiger partial charge < -0.3 is 4.74 Å². The largest absolute Gasteiger partial charge is 0.378 e. The number of methoxy groups -OCH3 is 1. The van der Waals surface area contributed by atoms with Crippen LogP contribution in [0.2, 0.25) is 0 Å². The molecule has 12 heavy (non-hydrogen) atoms. The van der Waals surface area contributed by atoms with Crippen LogP contribution in [0.5, 0.6) is 0 Å². The molecule has 0 fully saturated rings. The molecule has 0 heterocycles. The van der Waals surface area contributed by atoms with Crippen LogP contribution in [-0.4, -0.2) is 32.2 Å². The van der Waals surface area contributed by atoms with E-state index in [4.69, 9.17) is 0 Å². The van der Waals surface area contributed by atoms with Crippen molar-refractivity contribution in [2.75, 3.05) is 7.11 Å². The second-order valence-electron chi connectivity index (χ2n) is 2.18. The molecule has 0 radical (unpaired) electrons. The molecule has 0 saturated carbocycles. The molecule has 6 heteroatoms. The minimum absolute atomic E-state index is 0.919. The molecule has 0 aromatic heterocycles. The molecule has 0 bridgehead atoms. The highest BCUT2D eigenvalue weighted by Gasteiger charge is 2.31. The number of alkyl halides is 5. The van der Waals surface area contributed by atoms with Crippen LogP contribution < -0.4 is 0 Å². The van der Waals surface area contributed by atoms with Gasteiger partial charge in [0.2, 0.25) is 6.43 Å². The van der Waals surface area contributed by atoms with Crippen molar-refractivity contribution in [2.45, 2.75) is 31.5 Å². The van der Waals surface area contributed by atoms with Gasteiger partial charge in [0, 0.05) is 13.5 Å². The normalized spacial score (nSPS) is 17.0. The molecule has 0 spiro atoms. The van der Waals surface area contributed by atoms with Gasteiger partial charge >= 0.3 is 0 Å². The molecule has 2 atom stereocenters. The zero-order chi connectivity index (χ0) is 9.72. The Morgan fingerprint density at radius 3 is 1.83 bits per heavy atom. The summed E-state index contributed by atoms with van der Waals surface area (Å²) < 4.78 is 62.9. The SMILES string of the molecule is COC(CC(F)F)C(F)C(F)F. The summed E-state index contributed by atoms with van der Waals surface area (Å²) in [7, 11) is 0.919. The molecular formula is C6H9F5O. The summed E-state index contributed by atoms with van der Waals surface area (Å²) in [4.78, 5) is 0. The van der Waals surface area contributed by atoms with Crippen LogP contribution in [0.3, 0.4) is 0 Å². The van der Waals surface area contributed by atoms with E-state index in [0.29, 0.717) is 0 Å². The summed E-state index contributed by atoms with van der Waals surface area (Å²) in [5.74, 6) is 0. The van der Waals surface area contributed by atoms with Crippen molar-refractivity contribution in [3.63, 3.8) is 0 Å². The molecule has 0 aromatic rings. The first-order chi connectivity index (χ1) is 5.49. The predicted octanol–water partition coefficient (Wildman–Crippen LogP) is 2.26. The van der Waals surface area contributed by atoms with Crippen molar-refractivity contribution in [3.8, 4) is 0 Å². The monoisotopic (exact) mass is 192 g/mol. The van der Waals surface area contributed by atoms with Crippen LogP contribution >= 0.6 is 0 Å². The van der Waals surface area contributed by atoms with Crippen molar-refractivity contribution in [1.82, 2.24) is 0 Å². The van der Waals surface area contributed by atoms with Crippen molar-refractivity contribution >= 4 is 0 Å². The molecule has 0 rings (SSSR count). The average molecular weight is 192 g/mol. The maximum absolute atomic E-state index is 12.3. The summed E-state index contributed by atoms with van der Waals surface area (Å²) in [6.45, 7) is 0. The van der Waals surface area contributed by atoms with E-state index in [1.807, 2.05) is 0 Å². The van der Waals surface area contributed by atoms with Crippen molar-refractivity contribution in [2.24, 2.45) is 0 Å². The standard InChI is InChI=1S/C6H9F5O/c1-12-3(2-4(7)8)5(9)6(10)11/h3-6H,2H2,1H3. The fraction of sp³-hybridized carbons (Fsp3) is 1.00. The van der Waals surface area contributed by atoms with E-state index in [1.54, 1.807) is 0 Å². The van der Waals surface area contributed by atoms with E-state index in [1.165, 1.54) is 0 Å².